The first-order chi connectivity index (χ1) is 15.8. The molecule has 1 aliphatic rings. The number of aromatic nitrogens is 1. The zero-order valence-electron chi connectivity index (χ0n) is 20.5. The summed E-state index contributed by atoms with van der Waals surface area (Å²) < 4.78 is 6.61. The molecule has 1 fully saturated rings. The van der Waals surface area contributed by atoms with Gasteiger partial charge >= 0.3 is 0 Å². The maximum atomic E-state index is 13.7. The Bertz CT molecular complexity index is 1120. The lowest BCUT2D eigenvalue weighted by atomic mass is 9.97. The zero-order valence-corrected chi connectivity index (χ0v) is 21.3. The van der Waals surface area contributed by atoms with Crippen molar-refractivity contribution in [3.8, 4) is 0 Å². The van der Waals surface area contributed by atoms with E-state index >= 15 is 0 Å². The Hall–Kier alpha value is -2.28. The molecule has 33 heavy (non-hydrogen) atoms. The average Bonchev–Trinajstić information content (AvgIpc) is 3.21. The van der Waals surface area contributed by atoms with Gasteiger partial charge in [-0.15, -0.1) is 0 Å². The first kappa shape index (κ1) is 23.9. The average molecular weight is 466 g/mol. The number of hydrogen-bond donors (Lipinski definition) is 0. The molecular formula is C27H35N3O2S. The second-order valence-electron chi connectivity index (χ2n) is 9.26. The predicted molar refractivity (Wildman–Crippen MR) is 138 cm³/mol. The number of thiazole rings is 1. The summed E-state index contributed by atoms with van der Waals surface area (Å²) in [5.74, 6) is 0.125. The molecule has 3 aromatic rings. The van der Waals surface area contributed by atoms with Crippen molar-refractivity contribution in [1.82, 2.24) is 9.88 Å². The SMILES string of the molecule is Cc1cc(C)c(CC(=O)N(CCCN2CCOCC2)c2nc3c(C)c(C)ccc3s2)c(C)c1. The highest BCUT2D eigenvalue weighted by Crippen LogP contribution is 2.32. The maximum absolute atomic E-state index is 13.7. The number of ether oxygens (including phenoxy) is 1. The number of morpholine rings is 1. The van der Waals surface area contributed by atoms with E-state index in [0.29, 0.717) is 13.0 Å². The fourth-order valence-corrected chi connectivity index (χ4v) is 5.74. The molecular weight excluding hydrogens is 430 g/mol. The van der Waals surface area contributed by atoms with Crippen LogP contribution in [0.25, 0.3) is 10.2 Å². The monoisotopic (exact) mass is 465 g/mol. The Morgan fingerprint density at radius 1 is 1.06 bits per heavy atom. The summed E-state index contributed by atoms with van der Waals surface area (Å²) in [5, 5.41) is 0.813. The lowest BCUT2D eigenvalue weighted by Gasteiger charge is -2.28. The fourth-order valence-electron chi connectivity index (χ4n) is 4.67. The maximum Gasteiger partial charge on any atom is 0.233 e. The molecule has 6 heteroatoms. The van der Waals surface area contributed by atoms with Gasteiger partial charge in [0.05, 0.1) is 29.9 Å². The summed E-state index contributed by atoms with van der Waals surface area (Å²) in [7, 11) is 0. The van der Waals surface area contributed by atoms with Gasteiger partial charge in [0.15, 0.2) is 5.13 Å². The Morgan fingerprint density at radius 2 is 1.76 bits per heavy atom. The molecule has 0 N–H and O–H groups in total. The smallest absolute Gasteiger partial charge is 0.233 e. The summed E-state index contributed by atoms with van der Waals surface area (Å²) >= 11 is 1.62. The van der Waals surface area contributed by atoms with Gasteiger partial charge < -0.3 is 4.74 Å². The molecule has 4 rings (SSSR count). The number of carbonyl (C=O) groups excluding carboxylic acids is 1. The van der Waals surface area contributed by atoms with E-state index in [2.05, 4.69) is 63.8 Å². The van der Waals surface area contributed by atoms with Gasteiger partial charge in [-0.3, -0.25) is 14.6 Å². The number of anilines is 1. The van der Waals surface area contributed by atoms with Gasteiger partial charge in [-0.1, -0.05) is 35.1 Å². The number of rotatable bonds is 7. The molecule has 0 atom stereocenters. The van der Waals surface area contributed by atoms with Gasteiger partial charge in [0.2, 0.25) is 5.91 Å². The number of hydrogen-bond acceptors (Lipinski definition) is 5. The van der Waals surface area contributed by atoms with E-state index < -0.39 is 0 Å². The Kier molecular flexibility index (Phi) is 7.47. The van der Waals surface area contributed by atoms with Crippen molar-refractivity contribution < 1.29 is 9.53 Å². The van der Waals surface area contributed by atoms with Gasteiger partial charge in [-0.2, -0.15) is 0 Å². The van der Waals surface area contributed by atoms with Crippen LogP contribution in [0.1, 0.15) is 39.8 Å². The van der Waals surface area contributed by atoms with Gasteiger partial charge in [-0.25, -0.2) is 4.98 Å². The third-order valence-corrected chi connectivity index (χ3v) is 7.78. The van der Waals surface area contributed by atoms with E-state index in [4.69, 9.17) is 9.72 Å². The van der Waals surface area contributed by atoms with Crippen molar-refractivity contribution in [2.45, 2.75) is 47.5 Å². The molecule has 2 heterocycles. The summed E-state index contributed by atoms with van der Waals surface area (Å²) in [5.41, 5.74) is 8.19. The molecule has 0 bridgehead atoms. The molecule has 1 amide bonds. The normalized spacial score (nSPS) is 14.7. The Morgan fingerprint density at radius 3 is 2.45 bits per heavy atom. The predicted octanol–water partition coefficient (Wildman–Crippen LogP) is 5.14. The quantitative estimate of drug-likeness (QED) is 0.485. The second-order valence-corrected chi connectivity index (χ2v) is 10.3. The van der Waals surface area contributed by atoms with Crippen molar-refractivity contribution in [1.29, 1.82) is 0 Å². The number of benzene rings is 2. The van der Waals surface area contributed by atoms with Crippen LogP contribution in [0.5, 0.6) is 0 Å². The van der Waals surface area contributed by atoms with Gasteiger partial charge in [0.1, 0.15) is 0 Å². The molecule has 0 spiro atoms. The topological polar surface area (TPSA) is 45.7 Å². The number of aryl methyl sites for hydroxylation is 5. The zero-order chi connectivity index (χ0) is 23.5. The molecule has 0 aliphatic carbocycles. The molecule has 2 aromatic carbocycles. The summed E-state index contributed by atoms with van der Waals surface area (Å²) in [6.07, 6.45) is 1.33. The summed E-state index contributed by atoms with van der Waals surface area (Å²) in [6, 6.07) is 8.61. The molecule has 1 aromatic heterocycles. The largest absolute Gasteiger partial charge is 0.379 e. The van der Waals surface area contributed by atoms with Crippen molar-refractivity contribution in [2.24, 2.45) is 0 Å². The van der Waals surface area contributed by atoms with Crippen LogP contribution < -0.4 is 4.90 Å². The highest BCUT2D eigenvalue weighted by atomic mass is 32.1. The number of amides is 1. The molecule has 0 saturated carbocycles. The minimum Gasteiger partial charge on any atom is -0.379 e. The van der Waals surface area contributed by atoms with Crippen molar-refractivity contribution in [3.63, 3.8) is 0 Å². The minimum atomic E-state index is 0.125. The van der Waals surface area contributed by atoms with Crippen LogP contribution in [0.2, 0.25) is 0 Å². The molecule has 1 aliphatic heterocycles. The van der Waals surface area contributed by atoms with Crippen molar-refractivity contribution in [3.05, 3.63) is 57.6 Å². The van der Waals surface area contributed by atoms with Crippen LogP contribution in [0.3, 0.4) is 0 Å². The number of fused-ring (bicyclic) bond motifs is 1. The van der Waals surface area contributed by atoms with E-state index in [-0.39, 0.29) is 5.91 Å². The molecule has 5 nitrogen and oxygen atoms in total. The van der Waals surface area contributed by atoms with E-state index in [9.17, 15) is 4.79 Å². The van der Waals surface area contributed by atoms with E-state index in [0.717, 1.165) is 60.2 Å². The first-order valence-corrected chi connectivity index (χ1v) is 12.7. The van der Waals surface area contributed by atoms with E-state index in [1.54, 1.807) is 11.3 Å². The lowest BCUT2D eigenvalue weighted by Crippen LogP contribution is -2.39. The van der Waals surface area contributed by atoms with Crippen LogP contribution in [0.15, 0.2) is 24.3 Å². The van der Waals surface area contributed by atoms with Gasteiger partial charge in [-0.05, 0) is 74.9 Å². The molecule has 0 unspecified atom stereocenters. The van der Waals surface area contributed by atoms with Crippen molar-refractivity contribution in [2.75, 3.05) is 44.3 Å². The minimum absolute atomic E-state index is 0.125. The van der Waals surface area contributed by atoms with Crippen LogP contribution in [-0.4, -0.2) is 55.2 Å². The summed E-state index contributed by atoms with van der Waals surface area (Å²) in [4.78, 5) is 23.0. The van der Waals surface area contributed by atoms with Gasteiger partial charge in [0.25, 0.3) is 0 Å². The molecule has 176 valence electrons. The highest BCUT2D eigenvalue weighted by molar-refractivity contribution is 7.22. The van der Waals surface area contributed by atoms with Crippen LogP contribution in [0, 0.1) is 34.6 Å². The lowest BCUT2D eigenvalue weighted by molar-refractivity contribution is -0.118. The van der Waals surface area contributed by atoms with Gasteiger partial charge in [0, 0.05) is 26.2 Å². The van der Waals surface area contributed by atoms with E-state index in [1.807, 2.05) is 4.90 Å². The highest BCUT2D eigenvalue weighted by Gasteiger charge is 2.22. The van der Waals surface area contributed by atoms with E-state index in [1.165, 1.54) is 27.8 Å². The van der Waals surface area contributed by atoms with Crippen LogP contribution >= 0.6 is 11.3 Å². The Balaban J connectivity index is 1.59. The third-order valence-electron chi connectivity index (χ3n) is 6.73. The fraction of sp³-hybridized carbons (Fsp3) is 0.481. The molecule has 1 saturated heterocycles. The second kappa shape index (κ2) is 10.3. The first-order valence-electron chi connectivity index (χ1n) is 11.9. The van der Waals surface area contributed by atoms with Crippen LogP contribution in [-0.2, 0) is 16.0 Å². The molecule has 0 radical (unpaired) electrons. The third kappa shape index (κ3) is 5.45. The number of carbonyl (C=O) groups is 1. The van der Waals surface area contributed by atoms with Crippen molar-refractivity contribution >= 4 is 32.6 Å². The summed E-state index contributed by atoms with van der Waals surface area (Å²) in [6.45, 7) is 15.7. The number of nitrogens with zero attached hydrogens (tertiary/aromatic N) is 3. The standard InChI is InChI=1S/C27H35N3O2S/c1-18-15-20(3)23(21(4)16-18)17-25(31)30(10-6-9-29-11-13-32-14-12-29)27-28-26-22(5)19(2)7-8-24(26)33-27/h7-8,15-16H,6,9-14,17H2,1-5H3. The Labute approximate surface area is 201 Å². The van der Waals surface area contributed by atoms with Crippen LogP contribution in [0.4, 0.5) is 5.13 Å².